The van der Waals surface area contributed by atoms with E-state index in [1.165, 1.54) is 20.8 Å². The number of nitrogens with one attached hydrogen (secondary N) is 1. The Kier molecular flexibility index (Phi) is 15.6. The van der Waals surface area contributed by atoms with Gasteiger partial charge in [-0.1, -0.05) is 7.43 Å². The predicted octanol–water partition coefficient (Wildman–Crippen LogP) is 2.78. The molecule has 0 aliphatic heterocycles. The number of hydrogen-bond donors (Lipinski definition) is 2. The maximum atomic E-state index is 12.1. The summed E-state index contributed by atoms with van der Waals surface area (Å²) in [5.41, 5.74) is -1.12. The van der Waals surface area contributed by atoms with Gasteiger partial charge in [0, 0.05) is 33.9 Å². The van der Waals surface area contributed by atoms with Crippen molar-refractivity contribution in [3.05, 3.63) is 0 Å². The molecule has 0 aliphatic rings. The van der Waals surface area contributed by atoms with Gasteiger partial charge in [0.25, 0.3) is 10.1 Å². The number of esters is 1. The highest BCUT2D eigenvalue weighted by atomic mass is 32.2. The molecule has 30 heavy (non-hydrogen) atoms. The van der Waals surface area contributed by atoms with Gasteiger partial charge in [0.1, 0.15) is 5.78 Å². The van der Waals surface area contributed by atoms with Crippen molar-refractivity contribution in [2.45, 2.75) is 78.7 Å². The maximum absolute atomic E-state index is 12.1. The number of ether oxygens (including phenoxy) is 2. The van der Waals surface area contributed by atoms with Crippen molar-refractivity contribution < 1.29 is 38.3 Å². The van der Waals surface area contributed by atoms with Crippen LogP contribution in [0.2, 0.25) is 0 Å². The van der Waals surface area contributed by atoms with Crippen LogP contribution in [0.1, 0.15) is 74.6 Å². The Balaban J connectivity index is -0.00000392. The Morgan fingerprint density at radius 3 is 2.23 bits per heavy atom. The van der Waals surface area contributed by atoms with E-state index in [4.69, 9.17) is 14.0 Å². The standard InChI is InChI=1S/C19H35NO8S.CH4.H2/c1-15(21)16(8-7-13-28-18(23)9-5-6-12-27-4)10-11-17(22)20-19(2,3)14-29(24,25)26;;/h16H,5-14H2,1-4H3,(H,20,22)(H,24,25,26);1H4;1H/i;;1+1. The van der Waals surface area contributed by atoms with Gasteiger partial charge in [-0.3, -0.25) is 18.9 Å². The Bertz CT molecular complexity index is 637. The summed E-state index contributed by atoms with van der Waals surface area (Å²) in [5, 5.41) is 2.55. The summed E-state index contributed by atoms with van der Waals surface area (Å²) in [4.78, 5) is 35.4. The van der Waals surface area contributed by atoms with Crippen LogP contribution >= 0.6 is 0 Å². The van der Waals surface area contributed by atoms with Crippen molar-refractivity contribution in [2.75, 3.05) is 26.1 Å². The maximum Gasteiger partial charge on any atom is 0.305 e. The van der Waals surface area contributed by atoms with Gasteiger partial charge in [-0.15, -0.1) is 0 Å². The van der Waals surface area contributed by atoms with Crippen LogP contribution in [0.25, 0.3) is 0 Å². The third-order valence-electron chi connectivity index (χ3n) is 4.26. The van der Waals surface area contributed by atoms with Crippen molar-refractivity contribution in [1.82, 2.24) is 5.32 Å². The summed E-state index contributed by atoms with van der Waals surface area (Å²) in [5.74, 6) is -1.67. The van der Waals surface area contributed by atoms with Gasteiger partial charge in [0.2, 0.25) is 5.91 Å². The number of hydrogen-bond acceptors (Lipinski definition) is 7. The molecule has 10 heteroatoms. The number of unbranched alkanes of at least 4 members (excludes halogenated alkanes) is 1. The highest BCUT2D eigenvalue weighted by Crippen LogP contribution is 2.16. The summed E-state index contributed by atoms with van der Waals surface area (Å²) in [7, 11) is -2.61. The smallest absolute Gasteiger partial charge is 0.305 e. The number of methoxy groups -OCH3 is 1. The van der Waals surface area contributed by atoms with Gasteiger partial charge in [-0.05, 0) is 52.9 Å². The molecule has 0 bridgehead atoms. The fraction of sp³-hybridized carbons (Fsp3) is 0.850. The van der Waals surface area contributed by atoms with E-state index in [1.54, 1.807) is 7.11 Å². The van der Waals surface area contributed by atoms with Gasteiger partial charge >= 0.3 is 5.97 Å². The molecule has 1 amide bonds. The second-order valence-electron chi connectivity index (χ2n) is 7.82. The van der Waals surface area contributed by atoms with Crippen LogP contribution < -0.4 is 5.32 Å². The number of ketones is 1. The lowest BCUT2D eigenvalue weighted by Gasteiger charge is -2.25. The van der Waals surface area contributed by atoms with Crippen molar-refractivity contribution >= 4 is 27.8 Å². The third-order valence-corrected chi connectivity index (χ3v) is 5.34. The average molecular weight is 457 g/mol. The molecule has 1 atom stereocenters. The van der Waals surface area contributed by atoms with Crippen molar-refractivity contribution in [3.8, 4) is 0 Å². The minimum atomic E-state index is -4.22. The Morgan fingerprint density at radius 2 is 1.70 bits per heavy atom. The molecule has 0 fully saturated rings. The Morgan fingerprint density at radius 1 is 1.07 bits per heavy atom. The molecule has 0 radical (unpaired) electrons. The lowest BCUT2D eigenvalue weighted by atomic mass is 9.93. The summed E-state index contributed by atoms with van der Waals surface area (Å²) >= 11 is 0. The summed E-state index contributed by atoms with van der Waals surface area (Å²) in [6, 6.07) is 0. The van der Waals surface area contributed by atoms with Crippen LogP contribution in [0.15, 0.2) is 0 Å². The van der Waals surface area contributed by atoms with E-state index >= 15 is 0 Å². The molecule has 1 unspecified atom stereocenters. The molecular formula is C20H41NO8S. The number of Topliss-reactive ketones (excluding diaryl/α,β-unsaturated/α-hetero) is 1. The van der Waals surface area contributed by atoms with E-state index in [9.17, 15) is 22.8 Å². The highest BCUT2D eigenvalue weighted by molar-refractivity contribution is 7.85. The quantitative estimate of drug-likeness (QED) is 0.205. The first kappa shape index (κ1) is 30.7. The zero-order valence-electron chi connectivity index (χ0n) is 17.9. The van der Waals surface area contributed by atoms with Crippen LogP contribution in [-0.4, -0.2) is 62.2 Å². The van der Waals surface area contributed by atoms with Crippen molar-refractivity contribution in [2.24, 2.45) is 5.92 Å². The molecule has 0 aliphatic carbocycles. The van der Waals surface area contributed by atoms with Crippen LogP contribution in [0.4, 0.5) is 0 Å². The molecule has 0 aromatic heterocycles. The Labute approximate surface area is 182 Å². The summed E-state index contributed by atoms with van der Waals surface area (Å²) < 4.78 is 40.9. The van der Waals surface area contributed by atoms with Gasteiger partial charge in [-0.2, -0.15) is 8.42 Å². The van der Waals surface area contributed by atoms with Crippen molar-refractivity contribution in [3.63, 3.8) is 0 Å². The third kappa shape index (κ3) is 17.3. The summed E-state index contributed by atoms with van der Waals surface area (Å²) in [6.07, 6.45) is 3.20. The summed E-state index contributed by atoms with van der Waals surface area (Å²) in [6.45, 7) is 5.26. The van der Waals surface area contributed by atoms with Crippen molar-refractivity contribution in [1.29, 1.82) is 0 Å². The number of carbonyl (C=O) groups is 3. The van der Waals surface area contributed by atoms with Gasteiger partial charge in [0.05, 0.1) is 17.9 Å². The van der Waals surface area contributed by atoms with Gasteiger partial charge in [-0.25, -0.2) is 0 Å². The first-order chi connectivity index (χ1) is 13.4. The molecule has 0 spiro atoms. The number of carbonyl (C=O) groups excluding carboxylic acids is 3. The van der Waals surface area contributed by atoms with Crippen LogP contribution in [0.5, 0.6) is 0 Å². The normalized spacial score (nSPS) is 12.6. The second-order valence-corrected chi connectivity index (χ2v) is 9.27. The molecule has 180 valence electrons. The minimum Gasteiger partial charge on any atom is -0.466 e. The van der Waals surface area contributed by atoms with E-state index in [0.717, 1.165) is 6.42 Å². The molecule has 0 saturated heterocycles. The van der Waals surface area contributed by atoms with E-state index in [0.29, 0.717) is 38.7 Å². The predicted molar refractivity (Wildman–Crippen MR) is 117 cm³/mol. The van der Waals surface area contributed by atoms with E-state index in [2.05, 4.69) is 5.32 Å². The lowest BCUT2D eigenvalue weighted by Crippen LogP contribution is -2.48. The van der Waals surface area contributed by atoms with Gasteiger partial charge in [0.15, 0.2) is 0 Å². The molecule has 0 rings (SSSR count). The minimum absolute atomic E-state index is 0. The molecule has 2 N–H and O–H groups in total. The Hall–Kier alpha value is -1.52. The lowest BCUT2D eigenvalue weighted by molar-refractivity contribution is -0.144. The molecule has 0 aromatic carbocycles. The molecular weight excluding hydrogens is 414 g/mol. The van der Waals surface area contributed by atoms with Crippen LogP contribution in [-0.2, 0) is 34.0 Å². The highest BCUT2D eigenvalue weighted by Gasteiger charge is 2.27. The number of rotatable bonds is 16. The zero-order valence-corrected chi connectivity index (χ0v) is 18.7. The first-order valence-corrected chi connectivity index (χ1v) is 11.4. The number of amides is 1. The average Bonchev–Trinajstić information content (AvgIpc) is 2.54. The molecule has 0 heterocycles. The fourth-order valence-electron chi connectivity index (χ4n) is 2.89. The monoisotopic (exact) mass is 456 g/mol. The second kappa shape index (κ2) is 15.3. The van der Waals surface area contributed by atoms with E-state index in [1.807, 2.05) is 0 Å². The molecule has 0 aromatic rings. The van der Waals surface area contributed by atoms with Crippen LogP contribution in [0.3, 0.4) is 0 Å². The first-order valence-electron chi connectivity index (χ1n) is 9.77. The SMILES string of the molecule is C.COCCCCC(=O)OCCCC(CCC(=O)NC(C)(C)CS(=O)(=O)O)C(C)=O.[2HH]. The zero-order chi connectivity index (χ0) is 22.5. The molecule has 0 saturated carbocycles. The molecule has 9 nitrogen and oxygen atoms in total. The largest absolute Gasteiger partial charge is 0.466 e. The van der Waals surface area contributed by atoms with E-state index < -0.39 is 27.3 Å². The van der Waals surface area contributed by atoms with Crippen LogP contribution in [0, 0.1) is 5.92 Å². The van der Waals surface area contributed by atoms with Gasteiger partial charge < -0.3 is 14.8 Å². The topological polar surface area (TPSA) is 136 Å². The van der Waals surface area contributed by atoms with E-state index in [-0.39, 0.29) is 39.6 Å². The fourth-order valence-corrected chi connectivity index (χ4v) is 3.88.